The minimum absolute atomic E-state index is 0.0556. The third-order valence-electron chi connectivity index (χ3n) is 3.44. The molecule has 0 spiro atoms. The van der Waals surface area contributed by atoms with Crippen molar-refractivity contribution in [1.82, 2.24) is 9.97 Å². The molecule has 1 unspecified atom stereocenters. The van der Waals surface area contributed by atoms with Crippen LogP contribution in [0.15, 0.2) is 52.5 Å². The Kier molecular flexibility index (Phi) is 5.38. The molecule has 0 saturated carbocycles. The summed E-state index contributed by atoms with van der Waals surface area (Å²) in [5.74, 6) is -0.0556. The van der Waals surface area contributed by atoms with Crippen molar-refractivity contribution < 1.29 is 4.79 Å². The minimum Gasteiger partial charge on any atom is -0.333 e. The Bertz CT molecular complexity index is 881. The fourth-order valence-corrected chi connectivity index (χ4v) is 3.76. The van der Waals surface area contributed by atoms with Crippen molar-refractivity contribution in [3.63, 3.8) is 0 Å². The molecular formula is C17H16ClN3OS2. The molecule has 1 aromatic heterocycles. The normalized spacial score (nSPS) is 12.3. The number of rotatable bonds is 5. The second-order valence-corrected chi connectivity index (χ2v) is 7.77. The summed E-state index contributed by atoms with van der Waals surface area (Å²) in [4.78, 5) is 21.2. The fraction of sp³-hybridized carbons (Fsp3) is 0.176. The van der Waals surface area contributed by atoms with Gasteiger partial charge in [-0.15, -0.1) is 11.8 Å². The number of para-hydroxylation sites is 1. The maximum absolute atomic E-state index is 12.5. The molecule has 24 heavy (non-hydrogen) atoms. The van der Waals surface area contributed by atoms with Crippen LogP contribution in [0.5, 0.6) is 0 Å². The molecule has 0 fully saturated rings. The Hall–Kier alpha value is -1.63. The molecule has 124 valence electrons. The number of benzene rings is 2. The molecule has 2 aromatic carbocycles. The number of carbonyl (C=O) groups is 1. The van der Waals surface area contributed by atoms with Crippen molar-refractivity contribution in [2.45, 2.75) is 22.2 Å². The van der Waals surface area contributed by atoms with E-state index in [-0.39, 0.29) is 11.2 Å². The molecule has 3 rings (SSSR count). The molecule has 0 radical (unpaired) electrons. The number of imidazole rings is 1. The topological polar surface area (TPSA) is 57.8 Å². The lowest BCUT2D eigenvalue weighted by atomic mass is 10.3. The summed E-state index contributed by atoms with van der Waals surface area (Å²) < 4.78 is 0. The van der Waals surface area contributed by atoms with E-state index in [0.717, 1.165) is 21.6 Å². The number of H-pyrrole nitrogens is 1. The van der Waals surface area contributed by atoms with E-state index in [4.69, 9.17) is 11.6 Å². The smallest absolute Gasteiger partial charge is 0.237 e. The van der Waals surface area contributed by atoms with E-state index in [2.05, 4.69) is 15.3 Å². The highest BCUT2D eigenvalue weighted by atomic mass is 35.5. The number of nitrogens with zero attached hydrogens (tertiary/aromatic N) is 1. The summed E-state index contributed by atoms with van der Waals surface area (Å²) in [6.45, 7) is 1.86. The zero-order chi connectivity index (χ0) is 17.1. The summed E-state index contributed by atoms with van der Waals surface area (Å²) in [6, 6.07) is 13.3. The monoisotopic (exact) mass is 377 g/mol. The molecule has 7 heteroatoms. The quantitative estimate of drug-likeness (QED) is 0.610. The first kappa shape index (κ1) is 17.2. The number of carbonyl (C=O) groups excluding carboxylic acids is 1. The van der Waals surface area contributed by atoms with Gasteiger partial charge in [0.1, 0.15) is 0 Å². The van der Waals surface area contributed by atoms with Crippen LogP contribution >= 0.6 is 35.1 Å². The Morgan fingerprint density at radius 3 is 2.88 bits per heavy atom. The molecule has 0 saturated heterocycles. The zero-order valence-electron chi connectivity index (χ0n) is 13.2. The van der Waals surface area contributed by atoms with Gasteiger partial charge in [0.05, 0.1) is 22.0 Å². The Balaban J connectivity index is 1.71. The number of hydrogen-bond acceptors (Lipinski definition) is 4. The molecule has 0 aliphatic heterocycles. The van der Waals surface area contributed by atoms with Crippen molar-refractivity contribution in [3.8, 4) is 0 Å². The van der Waals surface area contributed by atoms with Gasteiger partial charge in [-0.1, -0.05) is 35.5 Å². The van der Waals surface area contributed by atoms with E-state index in [0.29, 0.717) is 10.2 Å². The van der Waals surface area contributed by atoms with Gasteiger partial charge in [0.2, 0.25) is 5.91 Å². The van der Waals surface area contributed by atoms with Crippen molar-refractivity contribution >= 4 is 57.8 Å². The van der Waals surface area contributed by atoms with Gasteiger partial charge in [0, 0.05) is 9.92 Å². The summed E-state index contributed by atoms with van der Waals surface area (Å²) in [5.41, 5.74) is 2.53. The van der Waals surface area contributed by atoms with E-state index in [9.17, 15) is 4.79 Å². The fourth-order valence-electron chi connectivity index (χ4n) is 2.22. The SMILES string of the molecule is CSc1ccccc1NC(=O)C(C)Sc1nc2ccc(Cl)cc2[nH]1. The molecule has 3 aromatic rings. The number of nitrogens with one attached hydrogen (secondary N) is 2. The second kappa shape index (κ2) is 7.51. The molecule has 1 atom stereocenters. The van der Waals surface area contributed by atoms with Crippen LogP contribution in [0.2, 0.25) is 5.02 Å². The van der Waals surface area contributed by atoms with Crippen molar-refractivity contribution in [1.29, 1.82) is 0 Å². The van der Waals surface area contributed by atoms with Gasteiger partial charge in [-0.05, 0) is 43.5 Å². The third-order valence-corrected chi connectivity index (χ3v) is 5.46. The highest BCUT2D eigenvalue weighted by Gasteiger charge is 2.17. The van der Waals surface area contributed by atoms with Gasteiger partial charge in [-0.3, -0.25) is 4.79 Å². The number of fused-ring (bicyclic) bond motifs is 1. The lowest BCUT2D eigenvalue weighted by Gasteiger charge is -2.12. The minimum atomic E-state index is -0.282. The number of aromatic amines is 1. The van der Waals surface area contributed by atoms with E-state index in [1.807, 2.05) is 49.6 Å². The molecule has 4 nitrogen and oxygen atoms in total. The van der Waals surface area contributed by atoms with Gasteiger partial charge < -0.3 is 10.3 Å². The van der Waals surface area contributed by atoms with Crippen molar-refractivity contribution in [2.24, 2.45) is 0 Å². The summed E-state index contributed by atoms with van der Waals surface area (Å²) in [7, 11) is 0. The lowest BCUT2D eigenvalue weighted by Crippen LogP contribution is -2.22. The lowest BCUT2D eigenvalue weighted by molar-refractivity contribution is -0.115. The average Bonchev–Trinajstić information content (AvgIpc) is 2.96. The average molecular weight is 378 g/mol. The van der Waals surface area contributed by atoms with Crippen LogP contribution in [-0.4, -0.2) is 27.4 Å². The van der Waals surface area contributed by atoms with Crippen LogP contribution in [-0.2, 0) is 4.79 Å². The maximum atomic E-state index is 12.5. The van der Waals surface area contributed by atoms with Crippen LogP contribution in [0.25, 0.3) is 11.0 Å². The zero-order valence-corrected chi connectivity index (χ0v) is 15.6. The molecule has 0 aliphatic carbocycles. The van der Waals surface area contributed by atoms with Gasteiger partial charge in [-0.25, -0.2) is 4.98 Å². The number of halogens is 1. The van der Waals surface area contributed by atoms with Crippen LogP contribution < -0.4 is 5.32 Å². The molecular weight excluding hydrogens is 362 g/mol. The van der Waals surface area contributed by atoms with Gasteiger partial charge in [0.15, 0.2) is 5.16 Å². The summed E-state index contributed by atoms with van der Waals surface area (Å²) >= 11 is 8.97. The number of anilines is 1. The number of aromatic nitrogens is 2. The van der Waals surface area contributed by atoms with Crippen LogP contribution in [0.3, 0.4) is 0 Å². The molecule has 0 aliphatic rings. The van der Waals surface area contributed by atoms with E-state index >= 15 is 0 Å². The highest BCUT2D eigenvalue weighted by Crippen LogP contribution is 2.28. The maximum Gasteiger partial charge on any atom is 0.237 e. The standard InChI is InChI=1S/C17H16ClN3OS2/c1-10(16(22)19-13-5-3-4-6-15(13)23-2)24-17-20-12-8-7-11(18)9-14(12)21-17/h3-10H,1-2H3,(H,19,22)(H,20,21). The number of hydrogen-bond donors (Lipinski definition) is 2. The molecule has 2 N–H and O–H groups in total. The van der Waals surface area contributed by atoms with Gasteiger partial charge in [0.25, 0.3) is 0 Å². The first-order chi connectivity index (χ1) is 11.6. The van der Waals surface area contributed by atoms with E-state index in [1.165, 1.54) is 11.8 Å². The highest BCUT2D eigenvalue weighted by molar-refractivity contribution is 8.00. The Morgan fingerprint density at radius 2 is 2.08 bits per heavy atom. The first-order valence-electron chi connectivity index (χ1n) is 7.32. The van der Waals surface area contributed by atoms with Gasteiger partial charge in [-0.2, -0.15) is 0 Å². The Morgan fingerprint density at radius 1 is 1.29 bits per heavy atom. The third kappa shape index (κ3) is 3.88. The Labute approximate surface area is 153 Å². The second-order valence-electron chi connectivity index (χ2n) is 5.15. The van der Waals surface area contributed by atoms with Crippen LogP contribution in [0.1, 0.15) is 6.92 Å². The largest absolute Gasteiger partial charge is 0.333 e. The molecule has 1 heterocycles. The van der Waals surface area contributed by atoms with Crippen LogP contribution in [0, 0.1) is 0 Å². The van der Waals surface area contributed by atoms with Gasteiger partial charge >= 0.3 is 0 Å². The molecule has 0 bridgehead atoms. The predicted octanol–water partition coefficient (Wildman–Crippen LogP) is 5.06. The number of thioether (sulfide) groups is 2. The number of amides is 1. The summed E-state index contributed by atoms with van der Waals surface area (Å²) in [5, 5.41) is 4.06. The first-order valence-corrected chi connectivity index (χ1v) is 9.81. The van der Waals surface area contributed by atoms with Crippen LogP contribution in [0.4, 0.5) is 5.69 Å². The molecule has 1 amide bonds. The van der Waals surface area contributed by atoms with E-state index < -0.39 is 0 Å². The van der Waals surface area contributed by atoms with Crippen molar-refractivity contribution in [2.75, 3.05) is 11.6 Å². The van der Waals surface area contributed by atoms with Crippen molar-refractivity contribution in [3.05, 3.63) is 47.5 Å². The predicted molar refractivity (Wildman–Crippen MR) is 103 cm³/mol. The summed E-state index contributed by atoms with van der Waals surface area (Å²) in [6.07, 6.45) is 1.99. The van der Waals surface area contributed by atoms with E-state index in [1.54, 1.807) is 17.8 Å².